The number of aryl methyl sites for hydroxylation is 3. The number of hydrogen-bond acceptors (Lipinski definition) is 3. The van der Waals surface area contributed by atoms with Crippen LogP contribution in [0.2, 0.25) is 5.02 Å². The minimum atomic E-state index is -0.545. The van der Waals surface area contributed by atoms with Crippen LogP contribution >= 0.6 is 11.6 Å². The lowest BCUT2D eigenvalue weighted by atomic mass is 10.1. The van der Waals surface area contributed by atoms with Gasteiger partial charge in [0, 0.05) is 5.02 Å². The van der Waals surface area contributed by atoms with Crippen LogP contribution in [0.3, 0.4) is 0 Å². The Morgan fingerprint density at radius 3 is 2.38 bits per heavy atom. The van der Waals surface area contributed by atoms with Gasteiger partial charge in [-0.15, -0.1) is 0 Å². The average Bonchev–Trinajstić information content (AvgIpc) is 2.58. The second-order valence-corrected chi connectivity index (χ2v) is 6.80. The standard InChI is InChI=1S/C21H26ClNO3/c1-5-20(26-17-6-7-19(22)16(4)13-17)21(24)23-8-9-25-18-11-14(2)10-15(3)12-18/h6-7,10-13,20H,5,8-9H2,1-4H3,(H,23,24). The van der Waals surface area contributed by atoms with Crippen molar-refractivity contribution in [3.8, 4) is 11.5 Å². The fourth-order valence-corrected chi connectivity index (χ4v) is 2.77. The van der Waals surface area contributed by atoms with Gasteiger partial charge in [-0.1, -0.05) is 24.6 Å². The molecule has 0 radical (unpaired) electrons. The first-order valence-electron chi connectivity index (χ1n) is 8.80. The molecule has 1 unspecified atom stereocenters. The molecule has 1 atom stereocenters. The van der Waals surface area contributed by atoms with Gasteiger partial charge in [-0.2, -0.15) is 0 Å². The summed E-state index contributed by atoms with van der Waals surface area (Å²) in [4.78, 5) is 12.3. The maximum Gasteiger partial charge on any atom is 0.261 e. The van der Waals surface area contributed by atoms with Gasteiger partial charge in [0.2, 0.25) is 0 Å². The maximum absolute atomic E-state index is 12.3. The SMILES string of the molecule is CCC(Oc1ccc(Cl)c(C)c1)C(=O)NCCOc1cc(C)cc(C)c1. The summed E-state index contributed by atoms with van der Waals surface area (Å²) >= 11 is 6.02. The van der Waals surface area contributed by atoms with Crippen molar-refractivity contribution in [2.24, 2.45) is 0 Å². The van der Waals surface area contributed by atoms with Gasteiger partial charge in [0.25, 0.3) is 5.91 Å². The van der Waals surface area contributed by atoms with Crippen molar-refractivity contribution in [1.29, 1.82) is 0 Å². The minimum absolute atomic E-state index is 0.149. The summed E-state index contributed by atoms with van der Waals surface area (Å²) in [5.74, 6) is 1.31. The zero-order valence-electron chi connectivity index (χ0n) is 15.8. The van der Waals surface area contributed by atoms with Gasteiger partial charge in [0.1, 0.15) is 18.1 Å². The second kappa shape index (κ2) is 9.48. The van der Waals surface area contributed by atoms with E-state index in [0.29, 0.717) is 30.3 Å². The molecule has 0 bridgehead atoms. The van der Waals surface area contributed by atoms with Crippen LogP contribution < -0.4 is 14.8 Å². The molecular formula is C21H26ClNO3. The molecule has 0 aromatic heterocycles. The number of hydrogen-bond donors (Lipinski definition) is 1. The van der Waals surface area contributed by atoms with Crippen LogP contribution in [0, 0.1) is 20.8 Å². The molecule has 0 spiro atoms. The third kappa shape index (κ3) is 5.95. The van der Waals surface area contributed by atoms with Crippen LogP contribution in [0.4, 0.5) is 0 Å². The van der Waals surface area contributed by atoms with E-state index >= 15 is 0 Å². The van der Waals surface area contributed by atoms with Crippen molar-refractivity contribution in [1.82, 2.24) is 5.32 Å². The Hall–Kier alpha value is -2.20. The highest BCUT2D eigenvalue weighted by molar-refractivity contribution is 6.31. The monoisotopic (exact) mass is 375 g/mol. The van der Waals surface area contributed by atoms with E-state index < -0.39 is 6.10 Å². The molecule has 4 nitrogen and oxygen atoms in total. The molecule has 2 aromatic rings. The molecule has 0 aliphatic rings. The van der Waals surface area contributed by atoms with Crippen LogP contribution in [0.1, 0.15) is 30.0 Å². The number of halogens is 1. The molecule has 0 heterocycles. The Kier molecular flexibility index (Phi) is 7.34. The number of carbonyl (C=O) groups is 1. The first-order chi connectivity index (χ1) is 12.4. The van der Waals surface area contributed by atoms with Crippen LogP contribution in [-0.4, -0.2) is 25.2 Å². The zero-order valence-corrected chi connectivity index (χ0v) is 16.5. The van der Waals surface area contributed by atoms with Crippen LogP contribution in [0.15, 0.2) is 36.4 Å². The lowest BCUT2D eigenvalue weighted by Crippen LogP contribution is -2.39. The number of ether oxygens (including phenoxy) is 2. The summed E-state index contributed by atoms with van der Waals surface area (Å²) in [6, 6.07) is 11.4. The molecule has 1 amide bonds. The highest BCUT2D eigenvalue weighted by Gasteiger charge is 2.18. The molecule has 0 aliphatic heterocycles. The van der Waals surface area contributed by atoms with E-state index in [9.17, 15) is 4.79 Å². The molecule has 2 aromatic carbocycles. The van der Waals surface area contributed by atoms with Crippen molar-refractivity contribution in [2.75, 3.05) is 13.2 Å². The first-order valence-corrected chi connectivity index (χ1v) is 9.18. The Labute approximate surface area is 160 Å². The molecule has 0 saturated heterocycles. The van der Waals surface area contributed by atoms with Crippen molar-refractivity contribution in [3.63, 3.8) is 0 Å². The smallest absolute Gasteiger partial charge is 0.261 e. The lowest BCUT2D eigenvalue weighted by molar-refractivity contribution is -0.128. The van der Waals surface area contributed by atoms with Gasteiger partial charge in [-0.3, -0.25) is 4.79 Å². The Balaban J connectivity index is 1.82. The molecule has 0 aliphatic carbocycles. The number of benzene rings is 2. The summed E-state index contributed by atoms with van der Waals surface area (Å²) in [6.45, 7) is 8.71. The fraction of sp³-hybridized carbons (Fsp3) is 0.381. The first kappa shape index (κ1) is 20.1. The van der Waals surface area contributed by atoms with E-state index in [1.54, 1.807) is 12.1 Å². The largest absolute Gasteiger partial charge is 0.492 e. The van der Waals surface area contributed by atoms with Crippen molar-refractivity contribution in [2.45, 2.75) is 40.2 Å². The Morgan fingerprint density at radius 1 is 1.08 bits per heavy atom. The van der Waals surface area contributed by atoms with Crippen molar-refractivity contribution < 1.29 is 14.3 Å². The Morgan fingerprint density at radius 2 is 1.77 bits per heavy atom. The summed E-state index contributed by atoms with van der Waals surface area (Å²) in [5, 5.41) is 3.54. The predicted octanol–water partition coefficient (Wildman–Crippen LogP) is 4.62. The molecular weight excluding hydrogens is 350 g/mol. The van der Waals surface area contributed by atoms with Gasteiger partial charge in [0.15, 0.2) is 6.10 Å². The topological polar surface area (TPSA) is 47.6 Å². The van der Waals surface area contributed by atoms with Crippen molar-refractivity contribution in [3.05, 3.63) is 58.1 Å². The van der Waals surface area contributed by atoms with E-state index in [-0.39, 0.29) is 5.91 Å². The zero-order chi connectivity index (χ0) is 19.1. The number of carbonyl (C=O) groups excluding carboxylic acids is 1. The predicted molar refractivity (Wildman–Crippen MR) is 105 cm³/mol. The third-order valence-electron chi connectivity index (χ3n) is 3.94. The van der Waals surface area contributed by atoms with Gasteiger partial charge in [0.05, 0.1) is 6.54 Å². The van der Waals surface area contributed by atoms with E-state index in [4.69, 9.17) is 21.1 Å². The fourth-order valence-electron chi connectivity index (χ4n) is 2.65. The summed E-state index contributed by atoms with van der Waals surface area (Å²) in [6.07, 6.45) is 0.0302. The average molecular weight is 376 g/mol. The highest BCUT2D eigenvalue weighted by Crippen LogP contribution is 2.22. The van der Waals surface area contributed by atoms with Crippen LogP contribution in [0.25, 0.3) is 0 Å². The Bertz CT molecular complexity index is 741. The van der Waals surface area contributed by atoms with E-state index in [2.05, 4.69) is 11.4 Å². The lowest BCUT2D eigenvalue weighted by Gasteiger charge is -2.18. The molecule has 1 N–H and O–H groups in total. The number of rotatable bonds is 8. The van der Waals surface area contributed by atoms with Gasteiger partial charge < -0.3 is 14.8 Å². The number of amides is 1. The second-order valence-electron chi connectivity index (χ2n) is 6.39. The third-order valence-corrected chi connectivity index (χ3v) is 4.36. The van der Waals surface area contributed by atoms with Gasteiger partial charge in [-0.25, -0.2) is 0 Å². The van der Waals surface area contributed by atoms with E-state index in [1.807, 2.05) is 45.9 Å². The molecule has 5 heteroatoms. The number of nitrogens with one attached hydrogen (secondary N) is 1. The summed E-state index contributed by atoms with van der Waals surface area (Å²) in [5.41, 5.74) is 3.23. The molecule has 26 heavy (non-hydrogen) atoms. The quantitative estimate of drug-likeness (QED) is 0.685. The summed E-state index contributed by atoms with van der Waals surface area (Å²) in [7, 11) is 0. The minimum Gasteiger partial charge on any atom is -0.492 e. The van der Waals surface area contributed by atoms with Crippen molar-refractivity contribution >= 4 is 17.5 Å². The van der Waals surface area contributed by atoms with Gasteiger partial charge in [-0.05, 0) is 74.2 Å². The van der Waals surface area contributed by atoms with E-state index in [1.165, 1.54) is 0 Å². The molecule has 0 fully saturated rings. The van der Waals surface area contributed by atoms with E-state index in [0.717, 1.165) is 22.4 Å². The van der Waals surface area contributed by atoms with Gasteiger partial charge >= 0.3 is 0 Å². The molecule has 0 saturated carbocycles. The summed E-state index contributed by atoms with van der Waals surface area (Å²) < 4.78 is 11.5. The molecule has 2 rings (SSSR count). The van der Waals surface area contributed by atoms with Crippen LogP contribution in [0.5, 0.6) is 11.5 Å². The normalized spacial score (nSPS) is 11.7. The maximum atomic E-state index is 12.3. The highest BCUT2D eigenvalue weighted by atomic mass is 35.5. The van der Waals surface area contributed by atoms with Crippen LogP contribution in [-0.2, 0) is 4.79 Å². The molecule has 140 valence electrons.